The summed E-state index contributed by atoms with van der Waals surface area (Å²) in [5, 5.41) is 5.56. The maximum absolute atomic E-state index is 13.0. The van der Waals surface area contributed by atoms with Gasteiger partial charge in [-0.25, -0.2) is 4.39 Å². The molecule has 3 amide bonds. The van der Waals surface area contributed by atoms with Crippen LogP contribution in [0.2, 0.25) is 0 Å². The van der Waals surface area contributed by atoms with Gasteiger partial charge in [-0.3, -0.25) is 19.3 Å². The van der Waals surface area contributed by atoms with E-state index in [2.05, 4.69) is 15.5 Å². The molecule has 2 aliphatic heterocycles. The standard InChI is InChI=1S/C25H29FN4O5/c26-19-1-3-20(4-2-19)28-23(31)17-35-22-7-5-21(6-8-22)30-16-18(15-24(30)32)25(33)27-9-10-29-11-13-34-14-12-29/h1-8,18H,9-17H2,(H,27,33)(H,28,31)/t18-/m0/s1. The smallest absolute Gasteiger partial charge is 0.262 e. The lowest BCUT2D eigenvalue weighted by atomic mass is 10.1. The number of hydrogen-bond donors (Lipinski definition) is 2. The topological polar surface area (TPSA) is 100 Å². The van der Waals surface area contributed by atoms with Crippen LogP contribution in [0.15, 0.2) is 48.5 Å². The summed E-state index contributed by atoms with van der Waals surface area (Å²) >= 11 is 0. The molecule has 9 nitrogen and oxygen atoms in total. The number of amides is 3. The monoisotopic (exact) mass is 484 g/mol. The van der Waals surface area contributed by atoms with Crippen molar-refractivity contribution in [2.75, 3.05) is 62.8 Å². The molecule has 1 atom stereocenters. The molecule has 0 spiro atoms. The lowest BCUT2D eigenvalue weighted by Gasteiger charge is -2.26. The Morgan fingerprint density at radius 2 is 1.77 bits per heavy atom. The lowest BCUT2D eigenvalue weighted by molar-refractivity contribution is -0.126. The van der Waals surface area contributed by atoms with Gasteiger partial charge in [-0.05, 0) is 48.5 Å². The lowest BCUT2D eigenvalue weighted by Crippen LogP contribution is -2.42. The number of hydrogen-bond acceptors (Lipinski definition) is 6. The first-order valence-electron chi connectivity index (χ1n) is 11.6. The minimum absolute atomic E-state index is 0.106. The van der Waals surface area contributed by atoms with Crippen LogP contribution in [0, 0.1) is 11.7 Å². The van der Waals surface area contributed by atoms with E-state index in [0.717, 1.165) is 19.6 Å². The van der Waals surface area contributed by atoms with Crippen LogP contribution < -0.4 is 20.3 Å². The molecule has 2 aromatic carbocycles. The number of benzene rings is 2. The van der Waals surface area contributed by atoms with Gasteiger partial charge in [-0.2, -0.15) is 0 Å². The first kappa shape index (κ1) is 24.6. The van der Waals surface area contributed by atoms with Crippen molar-refractivity contribution in [3.05, 3.63) is 54.3 Å². The highest BCUT2D eigenvalue weighted by molar-refractivity contribution is 6.00. The first-order chi connectivity index (χ1) is 17.0. The number of carbonyl (C=O) groups is 3. The van der Waals surface area contributed by atoms with Crippen molar-refractivity contribution in [3.8, 4) is 5.75 Å². The average Bonchev–Trinajstić information content (AvgIpc) is 3.27. The minimum Gasteiger partial charge on any atom is -0.484 e. The minimum atomic E-state index is -0.390. The average molecular weight is 485 g/mol. The van der Waals surface area contributed by atoms with Crippen LogP contribution in [0.5, 0.6) is 5.75 Å². The SMILES string of the molecule is O=C(COc1ccc(N2C[C@@H](C(=O)NCCN3CCOCC3)CC2=O)cc1)Nc1ccc(F)cc1. The molecule has 4 rings (SSSR count). The molecule has 186 valence electrons. The second-order valence-electron chi connectivity index (χ2n) is 8.49. The Hall–Kier alpha value is -3.50. The Kier molecular flexibility index (Phi) is 8.27. The van der Waals surface area contributed by atoms with E-state index in [9.17, 15) is 18.8 Å². The van der Waals surface area contributed by atoms with Crippen LogP contribution in [-0.4, -0.2) is 75.2 Å². The van der Waals surface area contributed by atoms with Crippen molar-refractivity contribution < 1.29 is 28.2 Å². The molecular weight excluding hydrogens is 455 g/mol. The van der Waals surface area contributed by atoms with Crippen molar-refractivity contribution >= 4 is 29.1 Å². The number of anilines is 2. The maximum atomic E-state index is 13.0. The van der Waals surface area contributed by atoms with Gasteiger partial charge in [0.1, 0.15) is 11.6 Å². The Morgan fingerprint density at radius 1 is 1.06 bits per heavy atom. The summed E-state index contributed by atoms with van der Waals surface area (Å²) in [5.41, 5.74) is 1.14. The molecule has 2 aromatic rings. The Morgan fingerprint density at radius 3 is 2.49 bits per heavy atom. The van der Waals surface area contributed by atoms with Gasteiger partial charge >= 0.3 is 0 Å². The Bertz CT molecular complexity index is 1030. The second kappa shape index (κ2) is 11.8. The molecule has 2 N–H and O–H groups in total. The van der Waals surface area contributed by atoms with E-state index in [1.54, 1.807) is 29.2 Å². The van der Waals surface area contributed by atoms with E-state index in [1.807, 2.05) is 0 Å². The van der Waals surface area contributed by atoms with Crippen LogP contribution in [-0.2, 0) is 19.1 Å². The third-order valence-corrected chi connectivity index (χ3v) is 5.97. The van der Waals surface area contributed by atoms with Gasteiger partial charge in [0, 0.05) is 50.5 Å². The number of nitrogens with zero attached hydrogens (tertiary/aromatic N) is 2. The predicted molar refractivity (Wildman–Crippen MR) is 128 cm³/mol. The molecular formula is C25H29FN4O5. The highest BCUT2D eigenvalue weighted by atomic mass is 19.1. The number of carbonyl (C=O) groups excluding carboxylic acids is 3. The third kappa shape index (κ3) is 7.00. The molecule has 2 fully saturated rings. The maximum Gasteiger partial charge on any atom is 0.262 e. The fraction of sp³-hybridized carbons (Fsp3) is 0.400. The molecule has 2 saturated heterocycles. The second-order valence-corrected chi connectivity index (χ2v) is 8.49. The van der Waals surface area contributed by atoms with E-state index in [0.29, 0.717) is 43.4 Å². The molecule has 0 radical (unpaired) electrons. The number of rotatable bonds is 9. The van der Waals surface area contributed by atoms with Gasteiger partial charge in [0.05, 0.1) is 19.1 Å². The Labute approximate surface area is 203 Å². The van der Waals surface area contributed by atoms with Gasteiger partial charge in [-0.15, -0.1) is 0 Å². The molecule has 10 heteroatoms. The molecule has 2 aliphatic rings. The number of nitrogens with one attached hydrogen (secondary N) is 2. The summed E-state index contributed by atoms with van der Waals surface area (Å²) in [7, 11) is 0. The summed E-state index contributed by atoms with van der Waals surface area (Å²) in [6, 6.07) is 12.2. The van der Waals surface area contributed by atoms with Crippen LogP contribution in [0.1, 0.15) is 6.42 Å². The summed E-state index contributed by atoms with van der Waals surface area (Å²) in [4.78, 5) is 40.9. The zero-order valence-corrected chi connectivity index (χ0v) is 19.4. The van der Waals surface area contributed by atoms with Gasteiger partial charge < -0.3 is 25.0 Å². The van der Waals surface area contributed by atoms with Gasteiger partial charge in [0.25, 0.3) is 5.91 Å². The highest BCUT2D eigenvalue weighted by Gasteiger charge is 2.35. The van der Waals surface area contributed by atoms with Crippen LogP contribution >= 0.6 is 0 Å². The van der Waals surface area contributed by atoms with E-state index >= 15 is 0 Å². The van der Waals surface area contributed by atoms with Crippen molar-refractivity contribution in [1.29, 1.82) is 0 Å². The molecule has 35 heavy (non-hydrogen) atoms. The van der Waals surface area contributed by atoms with Crippen LogP contribution in [0.4, 0.5) is 15.8 Å². The molecule has 0 saturated carbocycles. The number of morpholine rings is 1. The van der Waals surface area contributed by atoms with Gasteiger partial charge in [-0.1, -0.05) is 0 Å². The quantitative estimate of drug-likeness (QED) is 0.562. The van der Waals surface area contributed by atoms with Crippen molar-refractivity contribution in [2.45, 2.75) is 6.42 Å². The fourth-order valence-electron chi connectivity index (χ4n) is 4.04. The Balaban J connectivity index is 1.21. The summed E-state index contributed by atoms with van der Waals surface area (Å²) in [5.74, 6) is -0.901. The zero-order chi connectivity index (χ0) is 24.6. The first-order valence-corrected chi connectivity index (χ1v) is 11.6. The van der Waals surface area contributed by atoms with Crippen LogP contribution in [0.25, 0.3) is 0 Å². The molecule has 0 aromatic heterocycles. The fourth-order valence-corrected chi connectivity index (χ4v) is 4.04. The van der Waals surface area contributed by atoms with Crippen LogP contribution in [0.3, 0.4) is 0 Å². The highest BCUT2D eigenvalue weighted by Crippen LogP contribution is 2.27. The zero-order valence-electron chi connectivity index (χ0n) is 19.4. The van der Waals surface area contributed by atoms with Crippen molar-refractivity contribution in [3.63, 3.8) is 0 Å². The van der Waals surface area contributed by atoms with E-state index in [4.69, 9.17) is 9.47 Å². The summed E-state index contributed by atoms with van der Waals surface area (Å²) < 4.78 is 23.8. The molecule has 0 unspecified atom stereocenters. The number of ether oxygens (including phenoxy) is 2. The van der Waals surface area contributed by atoms with Gasteiger partial charge in [0.15, 0.2) is 6.61 Å². The van der Waals surface area contributed by atoms with Crippen molar-refractivity contribution in [1.82, 2.24) is 10.2 Å². The number of halogens is 1. The molecule has 0 bridgehead atoms. The predicted octanol–water partition coefficient (Wildman–Crippen LogP) is 1.64. The van der Waals surface area contributed by atoms with E-state index < -0.39 is 5.92 Å². The van der Waals surface area contributed by atoms with E-state index in [-0.39, 0.29) is 36.6 Å². The molecule has 0 aliphatic carbocycles. The molecule has 2 heterocycles. The van der Waals surface area contributed by atoms with Gasteiger partial charge in [0.2, 0.25) is 11.8 Å². The summed E-state index contributed by atoms with van der Waals surface area (Å²) in [6.45, 7) is 4.58. The third-order valence-electron chi connectivity index (χ3n) is 5.97. The summed E-state index contributed by atoms with van der Waals surface area (Å²) in [6.07, 6.45) is 0.172. The normalized spacial score (nSPS) is 18.4. The van der Waals surface area contributed by atoms with E-state index in [1.165, 1.54) is 24.3 Å². The largest absolute Gasteiger partial charge is 0.484 e. The van der Waals surface area contributed by atoms with Crippen molar-refractivity contribution in [2.24, 2.45) is 5.92 Å².